The summed E-state index contributed by atoms with van der Waals surface area (Å²) in [5, 5.41) is 3.11. The van der Waals surface area contributed by atoms with Crippen molar-refractivity contribution in [3.05, 3.63) is 59.1 Å². The van der Waals surface area contributed by atoms with Gasteiger partial charge in [-0.1, -0.05) is 30.2 Å². The van der Waals surface area contributed by atoms with Crippen LogP contribution in [0.1, 0.15) is 37.7 Å². The first-order chi connectivity index (χ1) is 13.4. The normalized spacial score (nSPS) is 15.2. The summed E-state index contributed by atoms with van der Waals surface area (Å²) in [5.41, 5.74) is 0.866. The van der Waals surface area contributed by atoms with Crippen LogP contribution in [-0.4, -0.2) is 26.2 Å². The Morgan fingerprint density at radius 2 is 1.79 bits per heavy atom. The van der Waals surface area contributed by atoms with Gasteiger partial charge in [0.15, 0.2) is 9.84 Å². The van der Waals surface area contributed by atoms with Crippen molar-refractivity contribution < 1.29 is 17.9 Å². The van der Waals surface area contributed by atoms with Crippen molar-refractivity contribution in [1.29, 1.82) is 0 Å². The van der Waals surface area contributed by atoms with E-state index in [2.05, 4.69) is 5.32 Å². The number of amides is 1. The Labute approximate surface area is 171 Å². The number of halogens is 1. The second-order valence-corrected chi connectivity index (χ2v) is 9.44. The molecule has 0 radical (unpaired) electrons. The van der Waals surface area contributed by atoms with Crippen molar-refractivity contribution in [3.8, 4) is 5.75 Å². The summed E-state index contributed by atoms with van der Waals surface area (Å²) >= 11 is 5.77. The van der Waals surface area contributed by atoms with Gasteiger partial charge in [-0.15, -0.1) is 0 Å². The van der Waals surface area contributed by atoms with E-state index in [1.807, 2.05) is 24.3 Å². The van der Waals surface area contributed by atoms with Crippen LogP contribution in [0.2, 0.25) is 5.02 Å². The zero-order valence-electron chi connectivity index (χ0n) is 15.6. The second-order valence-electron chi connectivity index (χ2n) is 7.02. The second kappa shape index (κ2) is 9.43. The summed E-state index contributed by atoms with van der Waals surface area (Å²) < 4.78 is 30.7. The first-order valence-electron chi connectivity index (χ1n) is 9.43. The third kappa shape index (κ3) is 5.97. The van der Waals surface area contributed by atoms with E-state index in [4.69, 9.17) is 16.3 Å². The summed E-state index contributed by atoms with van der Waals surface area (Å²) in [6, 6.07) is 13.3. The minimum atomic E-state index is -3.70. The predicted octanol–water partition coefficient (Wildman–Crippen LogP) is 4.14. The number of benzene rings is 2. The maximum absolute atomic E-state index is 12.3. The minimum absolute atomic E-state index is 0.0786. The van der Waals surface area contributed by atoms with Crippen LogP contribution in [-0.2, 0) is 21.2 Å². The Morgan fingerprint density at radius 3 is 2.50 bits per heavy atom. The van der Waals surface area contributed by atoms with Gasteiger partial charge in [0.05, 0.1) is 11.0 Å². The lowest BCUT2D eigenvalue weighted by atomic mass is 9.98. The molecule has 1 amide bonds. The highest BCUT2D eigenvalue weighted by molar-refractivity contribution is 7.92. The van der Waals surface area contributed by atoms with Crippen LogP contribution in [0.5, 0.6) is 5.75 Å². The number of ether oxygens (including phenoxy) is 1. The molecule has 1 fully saturated rings. The Hall–Kier alpha value is -2.05. The Kier molecular flexibility index (Phi) is 6.97. The van der Waals surface area contributed by atoms with E-state index in [9.17, 15) is 13.2 Å². The molecular weight excluding hydrogens is 398 g/mol. The lowest BCUT2D eigenvalue weighted by Crippen LogP contribution is -2.30. The molecule has 3 rings (SSSR count). The third-order valence-electron chi connectivity index (χ3n) is 4.74. The molecule has 150 valence electrons. The number of hydrogen-bond acceptors (Lipinski definition) is 4. The number of carbonyl (C=O) groups excluding carboxylic acids is 1. The van der Waals surface area contributed by atoms with Gasteiger partial charge in [-0.05, 0) is 67.6 Å². The molecule has 1 aliphatic carbocycles. The summed E-state index contributed by atoms with van der Waals surface area (Å²) in [5.74, 6) is -0.367. The SMILES string of the molecule is O=C(CS(=O)(=O)c1ccc(Cl)cc1)NCc1cccc(OC2CCCCC2)c1. The van der Waals surface area contributed by atoms with Gasteiger partial charge in [0.2, 0.25) is 5.91 Å². The summed E-state index contributed by atoms with van der Waals surface area (Å²) in [4.78, 5) is 12.2. The van der Waals surface area contributed by atoms with Gasteiger partial charge >= 0.3 is 0 Å². The highest BCUT2D eigenvalue weighted by Gasteiger charge is 2.19. The maximum Gasteiger partial charge on any atom is 0.235 e. The van der Waals surface area contributed by atoms with E-state index in [1.54, 1.807) is 0 Å². The third-order valence-corrected chi connectivity index (χ3v) is 6.62. The van der Waals surface area contributed by atoms with Crippen molar-refractivity contribution in [2.75, 3.05) is 5.75 Å². The Morgan fingerprint density at radius 1 is 1.07 bits per heavy atom. The van der Waals surface area contributed by atoms with Gasteiger partial charge in [-0.25, -0.2) is 8.42 Å². The first-order valence-corrected chi connectivity index (χ1v) is 11.5. The molecule has 1 N–H and O–H groups in total. The van der Waals surface area contributed by atoms with E-state index in [0.29, 0.717) is 5.02 Å². The van der Waals surface area contributed by atoms with Crippen LogP contribution in [0.15, 0.2) is 53.4 Å². The standard InChI is InChI=1S/C21H24ClNO4S/c22-17-9-11-20(12-10-17)28(25,26)15-21(24)23-14-16-5-4-8-19(13-16)27-18-6-2-1-3-7-18/h4-5,8-13,18H,1-3,6-7,14-15H2,(H,23,24). The van der Waals surface area contributed by atoms with Gasteiger partial charge in [0.1, 0.15) is 11.5 Å². The van der Waals surface area contributed by atoms with Crippen molar-refractivity contribution >= 4 is 27.3 Å². The molecule has 0 unspecified atom stereocenters. The molecule has 1 aliphatic rings. The fourth-order valence-corrected chi connectivity index (χ4v) is 4.54. The molecular formula is C21H24ClNO4S. The van der Waals surface area contributed by atoms with Crippen LogP contribution >= 0.6 is 11.6 Å². The Balaban J connectivity index is 1.54. The topological polar surface area (TPSA) is 72.5 Å². The first kappa shape index (κ1) is 20.7. The monoisotopic (exact) mass is 421 g/mol. The van der Waals surface area contributed by atoms with Crippen molar-refractivity contribution in [2.24, 2.45) is 0 Å². The number of sulfone groups is 1. The van der Waals surface area contributed by atoms with E-state index in [-0.39, 0.29) is 17.5 Å². The summed E-state index contributed by atoms with van der Waals surface area (Å²) in [7, 11) is -3.70. The van der Waals surface area contributed by atoms with Crippen LogP contribution < -0.4 is 10.1 Å². The van der Waals surface area contributed by atoms with Gasteiger partial charge in [0.25, 0.3) is 0 Å². The average Bonchev–Trinajstić information content (AvgIpc) is 2.67. The molecule has 0 aromatic heterocycles. The van der Waals surface area contributed by atoms with Crippen molar-refractivity contribution in [2.45, 2.75) is 49.6 Å². The fraction of sp³-hybridized carbons (Fsp3) is 0.381. The summed E-state index contributed by atoms with van der Waals surface area (Å²) in [6.45, 7) is 0.247. The molecule has 0 aliphatic heterocycles. The van der Waals surface area contributed by atoms with E-state index < -0.39 is 21.5 Å². The average molecular weight is 422 g/mol. The maximum atomic E-state index is 12.3. The zero-order chi connectivity index (χ0) is 20.0. The molecule has 28 heavy (non-hydrogen) atoms. The molecule has 0 heterocycles. The van der Waals surface area contributed by atoms with Gasteiger partial charge in [0, 0.05) is 11.6 Å². The zero-order valence-corrected chi connectivity index (χ0v) is 17.1. The largest absolute Gasteiger partial charge is 0.490 e. The van der Waals surface area contributed by atoms with E-state index in [1.165, 1.54) is 43.5 Å². The molecule has 7 heteroatoms. The van der Waals surface area contributed by atoms with Gasteiger partial charge < -0.3 is 10.1 Å². The van der Waals surface area contributed by atoms with E-state index in [0.717, 1.165) is 24.2 Å². The Bertz CT molecular complexity index is 906. The highest BCUT2D eigenvalue weighted by atomic mass is 35.5. The van der Waals surface area contributed by atoms with Crippen LogP contribution in [0.4, 0.5) is 0 Å². The number of hydrogen-bond donors (Lipinski definition) is 1. The van der Waals surface area contributed by atoms with Crippen molar-refractivity contribution in [3.63, 3.8) is 0 Å². The lowest BCUT2D eigenvalue weighted by molar-refractivity contribution is -0.118. The molecule has 1 saturated carbocycles. The predicted molar refractivity (Wildman–Crippen MR) is 109 cm³/mol. The molecule has 0 saturated heterocycles. The molecule has 0 bridgehead atoms. The molecule has 2 aromatic rings. The highest BCUT2D eigenvalue weighted by Crippen LogP contribution is 2.24. The van der Waals surface area contributed by atoms with Gasteiger partial charge in [-0.3, -0.25) is 4.79 Å². The number of rotatable bonds is 7. The molecule has 0 atom stereocenters. The fourth-order valence-electron chi connectivity index (χ4n) is 3.25. The minimum Gasteiger partial charge on any atom is -0.490 e. The van der Waals surface area contributed by atoms with E-state index >= 15 is 0 Å². The molecule has 0 spiro atoms. The number of nitrogens with one attached hydrogen (secondary N) is 1. The van der Waals surface area contributed by atoms with Crippen LogP contribution in [0, 0.1) is 0 Å². The summed E-state index contributed by atoms with van der Waals surface area (Å²) in [6.07, 6.45) is 6.06. The van der Waals surface area contributed by atoms with Crippen molar-refractivity contribution in [1.82, 2.24) is 5.32 Å². The smallest absolute Gasteiger partial charge is 0.235 e. The van der Waals surface area contributed by atoms with Gasteiger partial charge in [-0.2, -0.15) is 0 Å². The lowest BCUT2D eigenvalue weighted by Gasteiger charge is -2.23. The molecule has 5 nitrogen and oxygen atoms in total. The molecule has 2 aromatic carbocycles. The quantitative estimate of drug-likeness (QED) is 0.729. The van der Waals surface area contributed by atoms with Crippen LogP contribution in [0.25, 0.3) is 0 Å². The number of carbonyl (C=O) groups is 1. The van der Waals surface area contributed by atoms with Crippen LogP contribution in [0.3, 0.4) is 0 Å².